The van der Waals surface area contributed by atoms with Gasteiger partial charge in [-0.25, -0.2) is 9.59 Å². The molecule has 2 aromatic carbocycles. The minimum absolute atomic E-state index is 0.0244. The number of esters is 1. The number of carbonyl (C=O) groups is 1. The number of ether oxygens (including phenoxy) is 1. The third kappa shape index (κ3) is 8.09. The van der Waals surface area contributed by atoms with Gasteiger partial charge in [0.1, 0.15) is 16.9 Å². The van der Waals surface area contributed by atoms with Crippen molar-refractivity contribution in [2.75, 3.05) is 6.61 Å². The van der Waals surface area contributed by atoms with E-state index in [1.54, 1.807) is 48.5 Å². The fourth-order valence-electron chi connectivity index (χ4n) is 3.92. The second-order valence-corrected chi connectivity index (χ2v) is 8.77. The van der Waals surface area contributed by atoms with E-state index in [2.05, 4.69) is 11.9 Å². The number of fused-ring (bicyclic) bond motifs is 1. The normalized spacial score (nSPS) is 11.3. The van der Waals surface area contributed by atoms with Crippen molar-refractivity contribution in [3.63, 3.8) is 0 Å². The van der Waals surface area contributed by atoms with E-state index in [1.165, 1.54) is 57.6 Å². The summed E-state index contributed by atoms with van der Waals surface area (Å²) in [5.41, 5.74) is 0.598. The van der Waals surface area contributed by atoms with Gasteiger partial charge in [-0.3, -0.25) is 4.99 Å². The molecule has 0 unspecified atom stereocenters. The Bertz CT molecular complexity index is 1160. The lowest BCUT2D eigenvalue weighted by Crippen LogP contribution is -2.07. The molecule has 3 aromatic rings. The number of aliphatic imine (C=N–C) groups is 1. The van der Waals surface area contributed by atoms with Crippen LogP contribution in [-0.4, -0.2) is 23.9 Å². The molecule has 0 amide bonds. The van der Waals surface area contributed by atoms with Crippen molar-refractivity contribution in [3.8, 4) is 5.75 Å². The molecule has 0 atom stereocenters. The van der Waals surface area contributed by atoms with Gasteiger partial charge in [-0.05, 0) is 42.8 Å². The first-order valence-corrected chi connectivity index (χ1v) is 12.7. The highest BCUT2D eigenvalue weighted by Crippen LogP contribution is 2.25. The summed E-state index contributed by atoms with van der Waals surface area (Å²) in [6, 6.07) is 13.3. The van der Waals surface area contributed by atoms with E-state index in [-0.39, 0.29) is 17.3 Å². The van der Waals surface area contributed by atoms with Crippen LogP contribution in [0.5, 0.6) is 5.75 Å². The van der Waals surface area contributed by atoms with Gasteiger partial charge >= 0.3 is 11.6 Å². The summed E-state index contributed by atoms with van der Waals surface area (Å²) in [5, 5.41) is 10.9. The monoisotopic (exact) mass is 477 g/mol. The lowest BCUT2D eigenvalue weighted by atomic mass is 10.1. The molecule has 3 rings (SSSR count). The quantitative estimate of drug-likeness (QED) is 0.114. The maximum Gasteiger partial charge on any atom is 0.348 e. The predicted molar refractivity (Wildman–Crippen MR) is 140 cm³/mol. The molecule has 186 valence electrons. The average Bonchev–Trinajstić information content (AvgIpc) is 2.87. The van der Waals surface area contributed by atoms with Crippen LogP contribution in [-0.2, 0) is 4.74 Å². The van der Waals surface area contributed by atoms with Crippen LogP contribution in [0.4, 0.5) is 5.69 Å². The highest BCUT2D eigenvalue weighted by molar-refractivity contribution is 5.94. The average molecular weight is 478 g/mol. The number of aromatic hydroxyl groups is 1. The Hall–Kier alpha value is -3.41. The van der Waals surface area contributed by atoms with Crippen molar-refractivity contribution < 1.29 is 19.1 Å². The first-order valence-electron chi connectivity index (χ1n) is 12.7. The van der Waals surface area contributed by atoms with Crippen LogP contribution in [0.25, 0.3) is 11.0 Å². The van der Waals surface area contributed by atoms with Gasteiger partial charge in [0.25, 0.3) is 0 Å². The van der Waals surface area contributed by atoms with Crippen molar-refractivity contribution in [1.29, 1.82) is 0 Å². The van der Waals surface area contributed by atoms with E-state index in [9.17, 15) is 14.7 Å². The Labute approximate surface area is 206 Å². The van der Waals surface area contributed by atoms with Crippen LogP contribution < -0.4 is 5.63 Å². The number of hydrogen-bond donors (Lipinski definition) is 1. The first kappa shape index (κ1) is 26.2. The summed E-state index contributed by atoms with van der Waals surface area (Å²) in [5.74, 6) is -0.531. The molecule has 6 heteroatoms. The van der Waals surface area contributed by atoms with E-state index in [0.717, 1.165) is 12.8 Å². The Morgan fingerprint density at radius 3 is 2.23 bits per heavy atom. The second-order valence-electron chi connectivity index (χ2n) is 8.77. The van der Waals surface area contributed by atoms with E-state index in [4.69, 9.17) is 9.15 Å². The van der Waals surface area contributed by atoms with Gasteiger partial charge in [-0.1, -0.05) is 76.8 Å². The number of para-hydroxylation sites is 1. The summed E-state index contributed by atoms with van der Waals surface area (Å²) in [6.45, 7) is 2.66. The maximum atomic E-state index is 12.3. The summed E-state index contributed by atoms with van der Waals surface area (Å²) in [6.07, 6.45) is 13.6. The Kier molecular flexibility index (Phi) is 10.6. The smallest absolute Gasteiger partial charge is 0.348 e. The molecule has 1 aromatic heterocycles. The van der Waals surface area contributed by atoms with Crippen molar-refractivity contribution in [2.45, 2.75) is 71.1 Å². The number of nitrogens with zero attached hydrogens (tertiary/aromatic N) is 1. The van der Waals surface area contributed by atoms with Crippen LogP contribution in [0, 0.1) is 0 Å². The van der Waals surface area contributed by atoms with Gasteiger partial charge in [0.2, 0.25) is 0 Å². The fraction of sp³-hybridized carbons (Fsp3) is 0.414. The highest BCUT2D eigenvalue weighted by Gasteiger charge is 2.12. The van der Waals surface area contributed by atoms with Crippen LogP contribution in [0.1, 0.15) is 87.1 Å². The summed E-state index contributed by atoms with van der Waals surface area (Å²) >= 11 is 0. The molecule has 0 bridgehead atoms. The molecule has 0 aliphatic carbocycles. The van der Waals surface area contributed by atoms with Crippen LogP contribution >= 0.6 is 0 Å². The van der Waals surface area contributed by atoms with Crippen molar-refractivity contribution in [3.05, 3.63) is 70.1 Å². The van der Waals surface area contributed by atoms with Crippen molar-refractivity contribution in [1.82, 2.24) is 0 Å². The summed E-state index contributed by atoms with van der Waals surface area (Å²) in [4.78, 5) is 28.7. The predicted octanol–water partition coefficient (Wildman–Crippen LogP) is 7.33. The third-order valence-electron chi connectivity index (χ3n) is 6.00. The molecule has 0 saturated carbocycles. The van der Waals surface area contributed by atoms with E-state index < -0.39 is 5.63 Å². The van der Waals surface area contributed by atoms with E-state index in [1.807, 2.05) is 0 Å². The van der Waals surface area contributed by atoms with Gasteiger partial charge in [-0.15, -0.1) is 0 Å². The zero-order valence-electron chi connectivity index (χ0n) is 20.5. The molecular formula is C29H35NO5. The minimum Gasteiger partial charge on any atom is -0.506 e. The Balaban J connectivity index is 1.41. The van der Waals surface area contributed by atoms with Crippen molar-refractivity contribution in [2.24, 2.45) is 4.99 Å². The number of benzene rings is 2. The number of hydrogen-bond acceptors (Lipinski definition) is 6. The van der Waals surface area contributed by atoms with Gasteiger partial charge in [0.05, 0.1) is 23.2 Å². The molecule has 0 saturated heterocycles. The molecule has 6 nitrogen and oxygen atoms in total. The van der Waals surface area contributed by atoms with Crippen LogP contribution in [0.3, 0.4) is 0 Å². The molecule has 0 aliphatic heterocycles. The Morgan fingerprint density at radius 2 is 1.54 bits per heavy atom. The molecule has 0 radical (unpaired) electrons. The molecular weight excluding hydrogens is 442 g/mol. The summed E-state index contributed by atoms with van der Waals surface area (Å²) in [7, 11) is 0. The second kappa shape index (κ2) is 14.1. The van der Waals surface area contributed by atoms with Crippen LogP contribution in [0.15, 0.2) is 62.7 Å². The number of carbonyl (C=O) groups excluding carboxylic acids is 1. The number of rotatable bonds is 14. The van der Waals surface area contributed by atoms with Crippen molar-refractivity contribution >= 4 is 28.8 Å². The number of unbranched alkanes of at least 4 members (excludes halogenated alkanes) is 9. The molecule has 0 aliphatic rings. The lowest BCUT2D eigenvalue weighted by Gasteiger charge is -2.06. The summed E-state index contributed by atoms with van der Waals surface area (Å²) < 4.78 is 10.6. The maximum absolute atomic E-state index is 12.3. The standard InChI is InChI=1S/C29H35NO5/c1-2-3-4-5-6-7-8-9-10-13-20-34-28(32)22-16-18-23(19-17-22)30-21-25-27(31)24-14-11-12-15-26(24)35-29(25)33/h11-12,14-19,21,31H,2-10,13,20H2,1H3. The minimum atomic E-state index is -0.669. The van der Waals surface area contributed by atoms with E-state index >= 15 is 0 Å². The topological polar surface area (TPSA) is 89.1 Å². The molecule has 0 fully saturated rings. The van der Waals surface area contributed by atoms with Gasteiger partial charge in [0.15, 0.2) is 0 Å². The lowest BCUT2D eigenvalue weighted by molar-refractivity contribution is 0.0497. The van der Waals surface area contributed by atoms with Gasteiger partial charge < -0.3 is 14.3 Å². The molecule has 1 heterocycles. The van der Waals surface area contributed by atoms with Crippen LogP contribution in [0.2, 0.25) is 0 Å². The Morgan fingerprint density at radius 1 is 0.914 bits per heavy atom. The molecule has 0 spiro atoms. The van der Waals surface area contributed by atoms with E-state index in [0.29, 0.717) is 28.8 Å². The third-order valence-corrected chi connectivity index (χ3v) is 6.00. The largest absolute Gasteiger partial charge is 0.506 e. The van der Waals surface area contributed by atoms with Gasteiger partial charge in [0, 0.05) is 6.21 Å². The SMILES string of the molecule is CCCCCCCCCCCCOC(=O)c1ccc(N=Cc2c(O)c3ccccc3oc2=O)cc1. The highest BCUT2D eigenvalue weighted by atomic mass is 16.5. The molecule has 35 heavy (non-hydrogen) atoms. The zero-order chi connectivity index (χ0) is 24.9. The zero-order valence-corrected chi connectivity index (χ0v) is 20.5. The fourth-order valence-corrected chi connectivity index (χ4v) is 3.92. The first-order chi connectivity index (χ1) is 17.1. The van der Waals surface area contributed by atoms with Gasteiger partial charge in [-0.2, -0.15) is 0 Å². The molecule has 1 N–H and O–H groups in total.